The summed E-state index contributed by atoms with van der Waals surface area (Å²) >= 11 is 0. The average Bonchev–Trinajstić information content (AvgIpc) is 2.72. The van der Waals surface area contributed by atoms with Crippen molar-refractivity contribution < 1.29 is 22.3 Å². The normalized spacial score (nSPS) is 19.3. The fraction of sp³-hybridized carbons (Fsp3) is 0.458. The molecule has 0 aliphatic heterocycles. The van der Waals surface area contributed by atoms with Crippen LogP contribution in [0.4, 0.5) is 17.6 Å². The fourth-order valence-corrected chi connectivity index (χ4v) is 4.15. The second kappa shape index (κ2) is 9.51. The van der Waals surface area contributed by atoms with Gasteiger partial charge in [0, 0.05) is 12.1 Å². The lowest BCUT2D eigenvalue weighted by Crippen LogP contribution is -2.22. The average molecular weight is 419 g/mol. The van der Waals surface area contributed by atoms with Gasteiger partial charge in [0.15, 0.2) is 0 Å². The Morgan fingerprint density at radius 1 is 1.03 bits per heavy atom. The first kappa shape index (κ1) is 22.1. The minimum atomic E-state index is -3.76. The third-order valence-corrected chi connectivity index (χ3v) is 5.90. The fourth-order valence-electron chi connectivity index (χ4n) is 4.15. The summed E-state index contributed by atoms with van der Waals surface area (Å²) in [5.74, 6) is -2.02. The van der Waals surface area contributed by atoms with Crippen molar-refractivity contribution in [1.29, 1.82) is 5.26 Å². The Kier molecular flexibility index (Phi) is 7.02. The molecule has 30 heavy (non-hydrogen) atoms. The van der Waals surface area contributed by atoms with Gasteiger partial charge in [-0.15, -0.1) is 0 Å². The Morgan fingerprint density at radius 2 is 1.63 bits per heavy atom. The van der Waals surface area contributed by atoms with Gasteiger partial charge in [-0.25, -0.2) is 8.78 Å². The molecule has 0 amide bonds. The van der Waals surface area contributed by atoms with E-state index < -0.39 is 34.6 Å². The topological polar surface area (TPSA) is 33.0 Å². The van der Waals surface area contributed by atoms with Crippen molar-refractivity contribution >= 4 is 0 Å². The predicted octanol–water partition coefficient (Wildman–Crippen LogP) is 7.43. The van der Waals surface area contributed by atoms with E-state index in [0.717, 1.165) is 24.3 Å². The molecule has 0 bridgehead atoms. The molecule has 0 saturated heterocycles. The Labute approximate surface area is 174 Å². The van der Waals surface area contributed by atoms with Gasteiger partial charge in [-0.2, -0.15) is 14.0 Å². The molecule has 0 atom stereocenters. The zero-order chi connectivity index (χ0) is 21.7. The highest BCUT2D eigenvalue weighted by atomic mass is 19.3. The van der Waals surface area contributed by atoms with Gasteiger partial charge in [-0.05, 0) is 55.2 Å². The summed E-state index contributed by atoms with van der Waals surface area (Å²) in [6.07, 6.45) is 4.43. The van der Waals surface area contributed by atoms with Crippen LogP contribution >= 0.6 is 0 Å². The molecule has 0 aromatic heterocycles. The van der Waals surface area contributed by atoms with Gasteiger partial charge in [-0.1, -0.05) is 38.3 Å². The lowest BCUT2D eigenvalue weighted by Gasteiger charge is -2.29. The van der Waals surface area contributed by atoms with E-state index in [9.17, 15) is 17.6 Å². The first-order valence-electron chi connectivity index (χ1n) is 10.4. The molecule has 1 aliphatic rings. The third-order valence-electron chi connectivity index (χ3n) is 5.90. The van der Waals surface area contributed by atoms with E-state index >= 15 is 0 Å². The molecule has 0 heterocycles. The van der Waals surface area contributed by atoms with Crippen molar-refractivity contribution in [2.24, 2.45) is 5.92 Å². The van der Waals surface area contributed by atoms with Crippen LogP contribution in [-0.2, 0) is 6.11 Å². The highest BCUT2D eigenvalue weighted by molar-refractivity contribution is 5.38. The van der Waals surface area contributed by atoms with E-state index in [1.54, 1.807) is 12.1 Å². The zero-order valence-electron chi connectivity index (χ0n) is 16.9. The van der Waals surface area contributed by atoms with Crippen molar-refractivity contribution in [3.05, 3.63) is 64.7 Å². The van der Waals surface area contributed by atoms with E-state index in [2.05, 4.69) is 11.7 Å². The molecule has 2 aromatic rings. The van der Waals surface area contributed by atoms with Crippen molar-refractivity contribution in [1.82, 2.24) is 0 Å². The smallest absolute Gasteiger partial charge is 0.426 e. The Morgan fingerprint density at radius 3 is 2.17 bits per heavy atom. The highest BCUT2D eigenvalue weighted by Gasteiger charge is 2.35. The first-order valence-corrected chi connectivity index (χ1v) is 10.4. The number of unbranched alkanes of at least 4 members (excludes halogenated alkanes) is 1. The van der Waals surface area contributed by atoms with Crippen LogP contribution in [-0.4, -0.2) is 0 Å². The Balaban J connectivity index is 1.66. The SMILES string of the molecule is CCCC[C@H]1CC[C@H](c2ccc(C(F)(F)Oc3cc(F)c(C#N)c(F)c3)cc2)CC1. The predicted molar refractivity (Wildman–Crippen MR) is 106 cm³/mol. The molecule has 6 heteroatoms. The van der Waals surface area contributed by atoms with E-state index in [4.69, 9.17) is 5.26 Å². The van der Waals surface area contributed by atoms with E-state index in [1.165, 1.54) is 50.3 Å². The summed E-state index contributed by atoms with van der Waals surface area (Å²) in [6, 6.07) is 8.48. The highest BCUT2D eigenvalue weighted by Crippen LogP contribution is 2.39. The molecule has 1 fully saturated rings. The zero-order valence-corrected chi connectivity index (χ0v) is 16.9. The van der Waals surface area contributed by atoms with Gasteiger partial charge in [0.2, 0.25) is 0 Å². The number of nitrogens with zero attached hydrogens (tertiary/aromatic N) is 1. The number of benzene rings is 2. The maximum atomic E-state index is 14.5. The number of rotatable bonds is 7. The number of nitriles is 1. The Bertz CT molecular complexity index is 873. The number of hydrogen-bond donors (Lipinski definition) is 0. The standard InChI is InChI=1S/C24H25F4NO/c1-2-3-4-16-5-7-17(8-6-16)18-9-11-19(12-10-18)24(27,28)30-20-13-22(25)21(15-29)23(26)14-20/h9-14,16-17H,2-8H2,1H3/t16-,17-. The van der Waals surface area contributed by atoms with Crippen molar-refractivity contribution in [3.8, 4) is 11.8 Å². The summed E-state index contributed by atoms with van der Waals surface area (Å²) in [4.78, 5) is 0. The maximum absolute atomic E-state index is 14.5. The summed E-state index contributed by atoms with van der Waals surface area (Å²) in [7, 11) is 0. The van der Waals surface area contributed by atoms with Crippen molar-refractivity contribution in [2.75, 3.05) is 0 Å². The van der Waals surface area contributed by atoms with Crippen LogP contribution in [0.3, 0.4) is 0 Å². The molecule has 0 N–H and O–H groups in total. The van der Waals surface area contributed by atoms with Gasteiger partial charge in [-0.3, -0.25) is 0 Å². The molecule has 2 nitrogen and oxygen atoms in total. The quantitative estimate of drug-likeness (QED) is 0.437. The van der Waals surface area contributed by atoms with Crippen LogP contribution in [0.15, 0.2) is 36.4 Å². The third kappa shape index (κ3) is 5.13. The van der Waals surface area contributed by atoms with Crippen LogP contribution in [0.5, 0.6) is 5.75 Å². The molecule has 1 saturated carbocycles. The van der Waals surface area contributed by atoms with Crippen molar-refractivity contribution in [2.45, 2.75) is 63.9 Å². The van der Waals surface area contributed by atoms with Gasteiger partial charge in [0.1, 0.15) is 29.0 Å². The monoisotopic (exact) mass is 419 g/mol. The van der Waals surface area contributed by atoms with Crippen LogP contribution in [0.1, 0.15) is 74.5 Å². The molecule has 0 unspecified atom stereocenters. The molecular weight excluding hydrogens is 394 g/mol. The van der Waals surface area contributed by atoms with Crippen LogP contribution < -0.4 is 4.74 Å². The molecule has 2 aromatic carbocycles. The molecule has 0 radical (unpaired) electrons. The van der Waals surface area contributed by atoms with E-state index in [0.29, 0.717) is 18.1 Å². The number of hydrogen-bond acceptors (Lipinski definition) is 2. The van der Waals surface area contributed by atoms with E-state index in [-0.39, 0.29) is 0 Å². The van der Waals surface area contributed by atoms with Gasteiger partial charge < -0.3 is 4.74 Å². The lowest BCUT2D eigenvalue weighted by atomic mass is 9.77. The second-order valence-corrected chi connectivity index (χ2v) is 7.97. The van der Waals surface area contributed by atoms with Crippen LogP contribution in [0, 0.1) is 28.9 Å². The van der Waals surface area contributed by atoms with Gasteiger partial charge >= 0.3 is 6.11 Å². The van der Waals surface area contributed by atoms with Crippen LogP contribution in [0.25, 0.3) is 0 Å². The van der Waals surface area contributed by atoms with Gasteiger partial charge in [0.05, 0.1) is 5.56 Å². The minimum absolute atomic E-state index is 0.369. The second-order valence-electron chi connectivity index (χ2n) is 7.97. The first-order chi connectivity index (χ1) is 14.3. The molecule has 1 aliphatic carbocycles. The lowest BCUT2D eigenvalue weighted by molar-refractivity contribution is -0.185. The number of halogens is 4. The Hall–Kier alpha value is -2.55. The minimum Gasteiger partial charge on any atom is -0.429 e. The molecule has 3 rings (SSSR count). The summed E-state index contributed by atoms with van der Waals surface area (Å²) in [6.45, 7) is 2.20. The molecule has 160 valence electrons. The summed E-state index contributed by atoms with van der Waals surface area (Å²) < 4.78 is 60.9. The van der Waals surface area contributed by atoms with Crippen LogP contribution in [0.2, 0.25) is 0 Å². The molecular formula is C24H25F4NO. The number of alkyl halides is 2. The summed E-state index contributed by atoms with van der Waals surface area (Å²) in [5, 5.41) is 8.67. The van der Waals surface area contributed by atoms with Gasteiger partial charge in [0.25, 0.3) is 0 Å². The number of ether oxygens (including phenoxy) is 1. The summed E-state index contributed by atoms with van der Waals surface area (Å²) in [5.41, 5.74) is -0.202. The van der Waals surface area contributed by atoms with Crippen molar-refractivity contribution in [3.63, 3.8) is 0 Å². The van der Waals surface area contributed by atoms with E-state index in [1.807, 2.05) is 0 Å². The largest absolute Gasteiger partial charge is 0.429 e. The molecule has 0 spiro atoms. The maximum Gasteiger partial charge on any atom is 0.426 e.